The van der Waals surface area contributed by atoms with E-state index in [-0.39, 0.29) is 5.75 Å². The fourth-order valence-corrected chi connectivity index (χ4v) is 1.93. The molecule has 3 aromatic rings. The fraction of sp³-hybridized carbons (Fsp3) is 0. The molecule has 1 heterocycles. The highest BCUT2D eigenvalue weighted by molar-refractivity contribution is 6.32. The van der Waals surface area contributed by atoms with Gasteiger partial charge in [0.25, 0.3) is 0 Å². The molecule has 19 heavy (non-hydrogen) atoms. The second-order valence-electron chi connectivity index (χ2n) is 3.78. The number of ether oxygens (including phenoxy) is 1. The molecule has 0 aliphatic heterocycles. The molecule has 0 amide bonds. The number of benzene rings is 2. The molecular weight excluding hydrogens is 266 g/mol. The Morgan fingerprint density at radius 2 is 1.79 bits per heavy atom. The standard InChI is InChI=1S/C13H7ClN3O2/c14-10-7-9(5-6-13(10)19-8-18)17-15-11-3-1-2-4-12(11)16-17/h1-7H. The molecule has 0 spiro atoms. The fourth-order valence-electron chi connectivity index (χ4n) is 1.72. The first-order valence-electron chi connectivity index (χ1n) is 5.44. The highest BCUT2D eigenvalue weighted by atomic mass is 35.5. The number of hydrogen-bond donors (Lipinski definition) is 0. The lowest BCUT2D eigenvalue weighted by molar-refractivity contribution is 0.443. The van der Waals surface area contributed by atoms with Crippen LogP contribution in [0.1, 0.15) is 0 Å². The van der Waals surface area contributed by atoms with E-state index < -0.39 is 0 Å². The van der Waals surface area contributed by atoms with E-state index in [1.807, 2.05) is 24.3 Å². The number of rotatable bonds is 3. The van der Waals surface area contributed by atoms with E-state index in [9.17, 15) is 4.79 Å². The van der Waals surface area contributed by atoms with Gasteiger partial charge in [0, 0.05) is 0 Å². The van der Waals surface area contributed by atoms with Crippen molar-refractivity contribution in [2.75, 3.05) is 0 Å². The van der Waals surface area contributed by atoms with Gasteiger partial charge in [-0.2, -0.15) is 4.80 Å². The van der Waals surface area contributed by atoms with Gasteiger partial charge in [0.2, 0.25) is 0 Å². The largest absolute Gasteiger partial charge is 0.423 e. The summed E-state index contributed by atoms with van der Waals surface area (Å²) in [5.74, 6) is 0.247. The summed E-state index contributed by atoms with van der Waals surface area (Å²) in [4.78, 5) is 11.6. The summed E-state index contributed by atoms with van der Waals surface area (Å²) in [6.45, 7) is 1.33. The van der Waals surface area contributed by atoms with Gasteiger partial charge in [-0.3, -0.25) is 0 Å². The molecule has 0 N–H and O–H groups in total. The molecular formula is C13H7ClN3O2. The Morgan fingerprint density at radius 3 is 2.37 bits per heavy atom. The Kier molecular flexibility index (Phi) is 2.89. The van der Waals surface area contributed by atoms with Crippen molar-refractivity contribution in [1.82, 2.24) is 15.0 Å². The molecule has 0 fully saturated rings. The maximum absolute atomic E-state index is 10.2. The Hall–Kier alpha value is -2.40. The molecule has 0 bridgehead atoms. The number of halogens is 1. The maximum atomic E-state index is 10.2. The normalized spacial score (nSPS) is 10.6. The maximum Gasteiger partial charge on any atom is 0.423 e. The second kappa shape index (κ2) is 4.70. The molecule has 0 aliphatic rings. The predicted octanol–water partition coefficient (Wildman–Crippen LogP) is 2.52. The zero-order valence-electron chi connectivity index (χ0n) is 9.58. The average molecular weight is 273 g/mol. The van der Waals surface area contributed by atoms with Crippen molar-refractivity contribution in [2.24, 2.45) is 0 Å². The Balaban J connectivity index is 2.06. The third-order valence-electron chi connectivity index (χ3n) is 2.58. The van der Waals surface area contributed by atoms with Crippen molar-refractivity contribution in [3.8, 4) is 11.4 Å². The van der Waals surface area contributed by atoms with E-state index in [2.05, 4.69) is 14.9 Å². The first kappa shape index (κ1) is 11.7. The van der Waals surface area contributed by atoms with E-state index in [1.54, 1.807) is 18.2 Å². The van der Waals surface area contributed by atoms with Crippen LogP contribution < -0.4 is 4.74 Å². The van der Waals surface area contributed by atoms with Crippen LogP contribution in [-0.2, 0) is 4.79 Å². The van der Waals surface area contributed by atoms with Gasteiger partial charge in [-0.15, -0.1) is 10.2 Å². The first-order chi connectivity index (χ1) is 9.28. The van der Waals surface area contributed by atoms with Crippen LogP contribution in [0.4, 0.5) is 0 Å². The van der Waals surface area contributed by atoms with Gasteiger partial charge < -0.3 is 4.74 Å². The number of hydrogen-bond acceptors (Lipinski definition) is 4. The minimum absolute atomic E-state index is 0.247. The van der Waals surface area contributed by atoms with Crippen molar-refractivity contribution in [1.29, 1.82) is 0 Å². The van der Waals surface area contributed by atoms with E-state index in [0.717, 1.165) is 11.0 Å². The van der Waals surface area contributed by atoms with Crippen LogP contribution in [0.2, 0.25) is 5.02 Å². The summed E-state index contributed by atoms with van der Waals surface area (Å²) >= 11 is 5.98. The molecule has 1 aromatic heterocycles. The van der Waals surface area contributed by atoms with E-state index in [0.29, 0.717) is 10.7 Å². The predicted molar refractivity (Wildman–Crippen MR) is 70.2 cm³/mol. The number of carbonyl (C=O) groups excluding carboxylic acids is 1. The molecule has 0 saturated heterocycles. The van der Waals surface area contributed by atoms with Crippen molar-refractivity contribution in [2.45, 2.75) is 0 Å². The lowest BCUT2D eigenvalue weighted by Gasteiger charge is -2.03. The highest BCUT2D eigenvalue weighted by Crippen LogP contribution is 2.26. The van der Waals surface area contributed by atoms with Gasteiger partial charge in [0.1, 0.15) is 16.8 Å². The van der Waals surface area contributed by atoms with Crippen LogP contribution >= 0.6 is 11.6 Å². The Bertz CT molecular complexity index is 721. The smallest absolute Gasteiger partial charge is 0.416 e. The molecule has 93 valence electrons. The SMILES string of the molecule is O=[C]Oc1ccc(-n2nc3ccccc3n2)cc1Cl. The lowest BCUT2D eigenvalue weighted by atomic mass is 10.3. The third kappa shape index (κ3) is 2.15. The summed E-state index contributed by atoms with van der Waals surface area (Å²) < 4.78 is 4.60. The Morgan fingerprint density at radius 1 is 1.11 bits per heavy atom. The monoisotopic (exact) mass is 272 g/mol. The molecule has 0 saturated carbocycles. The second-order valence-corrected chi connectivity index (χ2v) is 4.19. The quantitative estimate of drug-likeness (QED) is 0.735. The van der Waals surface area contributed by atoms with Gasteiger partial charge in [-0.25, -0.2) is 4.79 Å². The van der Waals surface area contributed by atoms with Crippen LogP contribution in [0.25, 0.3) is 16.7 Å². The van der Waals surface area contributed by atoms with Crippen molar-refractivity contribution < 1.29 is 9.53 Å². The van der Waals surface area contributed by atoms with Gasteiger partial charge in [0.05, 0.1) is 10.7 Å². The summed E-state index contributed by atoms with van der Waals surface area (Å²) in [5.41, 5.74) is 2.26. The Labute approximate surface area is 113 Å². The zero-order valence-corrected chi connectivity index (χ0v) is 10.3. The van der Waals surface area contributed by atoms with Crippen LogP contribution in [-0.4, -0.2) is 21.5 Å². The van der Waals surface area contributed by atoms with E-state index in [1.165, 1.54) is 11.3 Å². The first-order valence-corrected chi connectivity index (χ1v) is 5.82. The summed E-state index contributed by atoms with van der Waals surface area (Å²) in [6, 6.07) is 12.4. The lowest BCUT2D eigenvalue weighted by Crippen LogP contribution is -1.99. The molecule has 1 radical (unpaired) electrons. The van der Waals surface area contributed by atoms with E-state index in [4.69, 9.17) is 11.6 Å². The summed E-state index contributed by atoms with van der Waals surface area (Å²) in [7, 11) is 0. The van der Waals surface area contributed by atoms with Crippen LogP contribution in [0.5, 0.6) is 5.75 Å². The van der Waals surface area contributed by atoms with Gasteiger partial charge in [0.15, 0.2) is 0 Å². The number of aromatic nitrogens is 3. The van der Waals surface area contributed by atoms with E-state index >= 15 is 0 Å². The van der Waals surface area contributed by atoms with Gasteiger partial charge >= 0.3 is 6.47 Å². The van der Waals surface area contributed by atoms with Crippen LogP contribution in [0, 0.1) is 0 Å². The topological polar surface area (TPSA) is 57.0 Å². The molecule has 2 aromatic carbocycles. The van der Waals surface area contributed by atoms with Gasteiger partial charge in [-0.05, 0) is 30.3 Å². The van der Waals surface area contributed by atoms with Crippen molar-refractivity contribution >= 4 is 29.1 Å². The minimum Gasteiger partial charge on any atom is -0.416 e. The van der Waals surface area contributed by atoms with Crippen molar-refractivity contribution in [3.05, 3.63) is 47.5 Å². The van der Waals surface area contributed by atoms with Gasteiger partial charge in [-0.1, -0.05) is 23.7 Å². The summed E-state index contributed by atoms with van der Waals surface area (Å²) in [6.07, 6.45) is 0. The zero-order chi connectivity index (χ0) is 13.2. The molecule has 0 unspecified atom stereocenters. The van der Waals surface area contributed by atoms with Crippen LogP contribution in [0.15, 0.2) is 42.5 Å². The van der Waals surface area contributed by atoms with Crippen LogP contribution in [0.3, 0.4) is 0 Å². The number of nitrogens with zero attached hydrogens (tertiary/aromatic N) is 3. The number of fused-ring (bicyclic) bond motifs is 1. The molecule has 0 aliphatic carbocycles. The average Bonchev–Trinajstić information content (AvgIpc) is 2.85. The highest BCUT2D eigenvalue weighted by Gasteiger charge is 2.07. The molecule has 0 atom stereocenters. The molecule has 5 nitrogen and oxygen atoms in total. The summed E-state index contributed by atoms with van der Waals surface area (Å²) in [5, 5.41) is 8.95. The minimum atomic E-state index is 0.247. The third-order valence-corrected chi connectivity index (χ3v) is 2.88. The van der Waals surface area contributed by atoms with Crippen molar-refractivity contribution in [3.63, 3.8) is 0 Å². The molecule has 6 heteroatoms. The molecule has 3 rings (SSSR count).